The minimum Gasteiger partial charge on any atom is -0.480 e. The van der Waals surface area contributed by atoms with Crippen molar-refractivity contribution < 1.29 is 14.7 Å². The number of benzene rings is 1. The molecule has 26 heavy (non-hydrogen) atoms. The van der Waals surface area contributed by atoms with Gasteiger partial charge >= 0.3 is 5.97 Å². The quantitative estimate of drug-likeness (QED) is 0.864. The zero-order valence-corrected chi connectivity index (χ0v) is 15.5. The van der Waals surface area contributed by atoms with Crippen LogP contribution in [-0.2, 0) is 18.3 Å². The summed E-state index contributed by atoms with van der Waals surface area (Å²) in [5.74, 6) is -1.22. The third-order valence-electron chi connectivity index (χ3n) is 5.35. The van der Waals surface area contributed by atoms with Crippen LogP contribution in [0.1, 0.15) is 58.1 Å². The number of carbonyl (C=O) groups is 2. The van der Waals surface area contributed by atoms with Gasteiger partial charge in [-0.3, -0.25) is 9.48 Å². The molecule has 6 heteroatoms. The molecule has 6 nitrogen and oxygen atoms in total. The van der Waals surface area contributed by atoms with Gasteiger partial charge in [0.2, 0.25) is 0 Å². The number of aryl methyl sites for hydroxylation is 3. The molecule has 0 saturated carbocycles. The van der Waals surface area contributed by atoms with E-state index in [2.05, 4.69) is 22.5 Å². The minimum absolute atomic E-state index is 0.150. The Bertz CT molecular complexity index is 841. The van der Waals surface area contributed by atoms with Crippen LogP contribution in [0.2, 0.25) is 0 Å². The Morgan fingerprint density at radius 1 is 1.35 bits per heavy atom. The van der Waals surface area contributed by atoms with Crippen molar-refractivity contribution in [3.8, 4) is 0 Å². The van der Waals surface area contributed by atoms with Crippen LogP contribution >= 0.6 is 0 Å². The number of aromatic nitrogens is 2. The number of fused-ring (bicyclic) bond motifs is 1. The van der Waals surface area contributed by atoms with E-state index in [-0.39, 0.29) is 11.8 Å². The second-order valence-electron chi connectivity index (χ2n) is 7.06. The summed E-state index contributed by atoms with van der Waals surface area (Å²) in [5.41, 5.74) is 4.30. The lowest BCUT2D eigenvalue weighted by molar-refractivity contribution is -0.139. The molecule has 0 saturated heterocycles. The Hall–Kier alpha value is -2.63. The molecule has 2 N–H and O–H groups in total. The second-order valence-corrected chi connectivity index (χ2v) is 7.06. The van der Waals surface area contributed by atoms with Crippen LogP contribution in [0.15, 0.2) is 24.3 Å². The first-order valence-electron chi connectivity index (χ1n) is 9.00. The number of nitrogens with one attached hydrogen (secondary N) is 1. The number of amides is 1. The molecule has 0 radical (unpaired) electrons. The van der Waals surface area contributed by atoms with Crippen molar-refractivity contribution in [3.63, 3.8) is 0 Å². The maximum absolute atomic E-state index is 12.7. The van der Waals surface area contributed by atoms with E-state index in [0.717, 1.165) is 25.0 Å². The predicted octanol–water partition coefficient (Wildman–Crippen LogP) is 2.73. The Morgan fingerprint density at radius 3 is 2.73 bits per heavy atom. The summed E-state index contributed by atoms with van der Waals surface area (Å²) in [6.07, 6.45) is 3.42. The maximum atomic E-state index is 12.7. The van der Waals surface area contributed by atoms with Crippen molar-refractivity contribution in [1.82, 2.24) is 15.1 Å². The average Bonchev–Trinajstić information content (AvgIpc) is 2.86. The maximum Gasteiger partial charge on any atom is 0.326 e. The van der Waals surface area contributed by atoms with Gasteiger partial charge in [-0.05, 0) is 56.6 Å². The Kier molecular flexibility index (Phi) is 5.11. The topological polar surface area (TPSA) is 84.2 Å². The first-order chi connectivity index (χ1) is 12.4. The number of carboxylic acid groups (broad SMARTS) is 1. The van der Waals surface area contributed by atoms with Gasteiger partial charge < -0.3 is 10.4 Å². The van der Waals surface area contributed by atoms with Gasteiger partial charge in [-0.1, -0.05) is 24.3 Å². The normalized spacial score (nSPS) is 17.4. The van der Waals surface area contributed by atoms with Crippen LogP contribution < -0.4 is 5.32 Å². The van der Waals surface area contributed by atoms with Gasteiger partial charge in [0.05, 0.1) is 11.3 Å². The Morgan fingerprint density at radius 2 is 2.08 bits per heavy atom. The third-order valence-corrected chi connectivity index (χ3v) is 5.35. The highest BCUT2D eigenvalue weighted by Gasteiger charge is 2.29. The lowest BCUT2D eigenvalue weighted by Gasteiger charge is -2.28. The fourth-order valence-corrected chi connectivity index (χ4v) is 3.94. The summed E-state index contributed by atoms with van der Waals surface area (Å²) in [4.78, 5) is 24.5. The number of hydrogen-bond donors (Lipinski definition) is 2. The number of carboxylic acids is 1. The van der Waals surface area contributed by atoms with Crippen LogP contribution in [0.25, 0.3) is 0 Å². The lowest BCUT2D eigenvalue weighted by atomic mass is 9.79. The summed E-state index contributed by atoms with van der Waals surface area (Å²) in [5, 5.41) is 16.6. The van der Waals surface area contributed by atoms with Gasteiger partial charge in [0, 0.05) is 12.7 Å². The highest BCUT2D eigenvalue weighted by molar-refractivity contribution is 5.98. The van der Waals surface area contributed by atoms with Crippen molar-refractivity contribution in [2.75, 3.05) is 0 Å². The molecule has 3 rings (SSSR count). The summed E-state index contributed by atoms with van der Waals surface area (Å²) in [6, 6.07) is 7.28. The van der Waals surface area contributed by atoms with Crippen molar-refractivity contribution >= 4 is 11.9 Å². The summed E-state index contributed by atoms with van der Waals surface area (Å²) in [7, 11) is 1.77. The summed E-state index contributed by atoms with van der Waals surface area (Å²) < 4.78 is 1.64. The van der Waals surface area contributed by atoms with E-state index in [4.69, 9.17) is 0 Å². The van der Waals surface area contributed by atoms with Gasteiger partial charge in [-0.25, -0.2) is 4.79 Å². The van der Waals surface area contributed by atoms with Crippen molar-refractivity contribution in [1.29, 1.82) is 0 Å². The molecule has 1 aliphatic rings. The van der Waals surface area contributed by atoms with Crippen LogP contribution in [0.4, 0.5) is 0 Å². The predicted molar refractivity (Wildman–Crippen MR) is 98.3 cm³/mol. The van der Waals surface area contributed by atoms with E-state index in [1.165, 1.54) is 11.1 Å². The highest BCUT2D eigenvalue weighted by Crippen LogP contribution is 2.34. The molecule has 1 heterocycles. The van der Waals surface area contributed by atoms with E-state index >= 15 is 0 Å². The van der Waals surface area contributed by atoms with Crippen LogP contribution in [-0.4, -0.2) is 32.8 Å². The average molecular weight is 355 g/mol. The van der Waals surface area contributed by atoms with Crippen molar-refractivity contribution in [2.24, 2.45) is 7.05 Å². The minimum atomic E-state index is -0.999. The van der Waals surface area contributed by atoms with Gasteiger partial charge in [-0.2, -0.15) is 5.10 Å². The fraction of sp³-hybridized carbons (Fsp3) is 0.450. The molecular formula is C20H25N3O3. The molecule has 1 aromatic heterocycles. The van der Waals surface area contributed by atoms with Gasteiger partial charge in [-0.15, -0.1) is 0 Å². The first kappa shape index (κ1) is 18.2. The highest BCUT2D eigenvalue weighted by atomic mass is 16.4. The summed E-state index contributed by atoms with van der Waals surface area (Å²) >= 11 is 0. The number of rotatable bonds is 5. The molecule has 1 aliphatic carbocycles. The van der Waals surface area contributed by atoms with Gasteiger partial charge in [0.25, 0.3) is 5.91 Å². The van der Waals surface area contributed by atoms with E-state index in [9.17, 15) is 14.7 Å². The lowest BCUT2D eigenvalue weighted by Crippen LogP contribution is -2.42. The SMILES string of the molecule is Cc1nn(C)c(C)c1C(=O)NC(CC1CCCc2ccccc21)C(=O)O. The molecule has 138 valence electrons. The zero-order valence-electron chi connectivity index (χ0n) is 15.5. The van der Waals surface area contributed by atoms with E-state index in [1.807, 2.05) is 19.1 Å². The number of aliphatic carboxylic acids is 1. The van der Waals surface area contributed by atoms with Crippen molar-refractivity contribution in [3.05, 3.63) is 52.3 Å². The molecule has 2 unspecified atom stereocenters. The first-order valence-corrected chi connectivity index (χ1v) is 9.00. The third kappa shape index (κ3) is 3.49. The second kappa shape index (κ2) is 7.32. The van der Waals surface area contributed by atoms with E-state index in [0.29, 0.717) is 17.7 Å². The van der Waals surface area contributed by atoms with Gasteiger partial charge in [0.15, 0.2) is 0 Å². The Balaban J connectivity index is 1.79. The zero-order chi connectivity index (χ0) is 18.8. The number of hydrogen-bond acceptors (Lipinski definition) is 3. The monoisotopic (exact) mass is 355 g/mol. The van der Waals surface area contributed by atoms with Crippen LogP contribution in [0, 0.1) is 13.8 Å². The molecular weight excluding hydrogens is 330 g/mol. The molecule has 2 aromatic rings. The van der Waals surface area contributed by atoms with Crippen molar-refractivity contribution in [2.45, 2.75) is 51.5 Å². The summed E-state index contributed by atoms with van der Waals surface area (Å²) in [6.45, 7) is 3.57. The largest absolute Gasteiger partial charge is 0.480 e. The molecule has 1 amide bonds. The number of nitrogens with zero attached hydrogens (tertiary/aromatic N) is 2. The molecule has 1 aromatic carbocycles. The van der Waals surface area contributed by atoms with Crippen LogP contribution in [0.5, 0.6) is 0 Å². The van der Waals surface area contributed by atoms with Gasteiger partial charge in [0.1, 0.15) is 6.04 Å². The Labute approximate surface area is 153 Å². The molecule has 2 atom stereocenters. The fourth-order valence-electron chi connectivity index (χ4n) is 3.94. The standard InChI is InChI=1S/C20H25N3O3/c1-12-18(13(2)23(3)22-12)19(24)21-17(20(25)26)11-15-9-6-8-14-7-4-5-10-16(14)15/h4-5,7,10,15,17H,6,8-9,11H2,1-3H3,(H,21,24)(H,25,26). The molecule has 0 fully saturated rings. The molecule has 0 bridgehead atoms. The van der Waals surface area contributed by atoms with E-state index < -0.39 is 12.0 Å². The van der Waals surface area contributed by atoms with E-state index in [1.54, 1.807) is 18.7 Å². The molecule has 0 spiro atoms. The smallest absolute Gasteiger partial charge is 0.326 e. The molecule has 0 aliphatic heterocycles. The number of carbonyl (C=O) groups excluding carboxylic acids is 1. The van der Waals surface area contributed by atoms with Crippen LogP contribution in [0.3, 0.4) is 0 Å².